The van der Waals surface area contributed by atoms with E-state index in [-0.39, 0.29) is 0 Å². The van der Waals surface area contributed by atoms with Crippen LogP contribution in [0.25, 0.3) is 0 Å². The lowest BCUT2D eigenvalue weighted by atomic mass is 10.2. The Balaban J connectivity index is 1.86. The fraction of sp³-hybridized carbons (Fsp3) is 0.583. The van der Waals surface area contributed by atoms with Gasteiger partial charge in [-0.25, -0.2) is 0 Å². The van der Waals surface area contributed by atoms with Crippen LogP contribution in [-0.2, 0) is 6.54 Å². The fourth-order valence-corrected chi connectivity index (χ4v) is 1.72. The third kappa shape index (κ3) is 3.29. The second-order valence-corrected chi connectivity index (χ2v) is 4.14. The van der Waals surface area contributed by atoms with Gasteiger partial charge in [-0.2, -0.15) is 0 Å². The predicted molar refractivity (Wildman–Crippen MR) is 64.4 cm³/mol. The molecule has 0 radical (unpaired) electrons. The number of nitrogens with one attached hydrogen (secondary N) is 1. The van der Waals surface area contributed by atoms with Gasteiger partial charge in [0.2, 0.25) is 0 Å². The highest BCUT2D eigenvalue weighted by molar-refractivity contribution is 5.82. The van der Waals surface area contributed by atoms with Crippen LogP contribution >= 0.6 is 0 Å². The van der Waals surface area contributed by atoms with Crippen molar-refractivity contribution in [3.05, 3.63) is 23.8 Å². The van der Waals surface area contributed by atoms with Gasteiger partial charge < -0.3 is 5.32 Å². The zero-order chi connectivity index (χ0) is 11.2. The molecule has 0 saturated heterocycles. The molecule has 2 heterocycles. The number of aryl methyl sites for hydroxylation is 1. The highest BCUT2D eigenvalue weighted by Crippen LogP contribution is 2.06. The van der Waals surface area contributed by atoms with Crippen molar-refractivity contribution in [2.45, 2.75) is 39.2 Å². The molecule has 2 rings (SSSR count). The van der Waals surface area contributed by atoms with Crippen LogP contribution in [0.2, 0.25) is 0 Å². The molecule has 1 aromatic heterocycles. The minimum absolute atomic E-state index is 0.728. The van der Waals surface area contributed by atoms with Gasteiger partial charge in [0.15, 0.2) is 0 Å². The molecule has 86 valence electrons. The summed E-state index contributed by atoms with van der Waals surface area (Å²) in [5.74, 6) is 1.12. The first kappa shape index (κ1) is 11.0. The molecule has 0 aromatic carbocycles. The highest BCUT2D eigenvalue weighted by atomic mass is 15.0. The van der Waals surface area contributed by atoms with Crippen LogP contribution in [0.3, 0.4) is 0 Å². The summed E-state index contributed by atoms with van der Waals surface area (Å²) >= 11 is 0. The molecule has 4 heteroatoms. The molecule has 4 nitrogen and oxygen atoms in total. The van der Waals surface area contributed by atoms with E-state index in [0.717, 1.165) is 36.7 Å². The largest absolute Gasteiger partial charge is 0.368 e. The first-order chi connectivity index (χ1) is 7.84. The first-order valence-electron chi connectivity index (χ1n) is 5.89. The van der Waals surface area contributed by atoms with Crippen molar-refractivity contribution in [1.82, 2.24) is 15.3 Å². The van der Waals surface area contributed by atoms with Gasteiger partial charge in [0.05, 0.1) is 30.0 Å². The molecule has 0 bridgehead atoms. The highest BCUT2D eigenvalue weighted by Gasteiger charge is 2.04. The maximum absolute atomic E-state index is 4.51. The maximum Gasteiger partial charge on any atom is 0.0966 e. The molecule has 1 aromatic rings. The number of hydrogen-bond acceptors (Lipinski definition) is 4. The van der Waals surface area contributed by atoms with E-state index in [4.69, 9.17) is 0 Å². The second kappa shape index (κ2) is 5.58. The van der Waals surface area contributed by atoms with Crippen LogP contribution in [0, 0.1) is 6.92 Å². The third-order valence-corrected chi connectivity index (χ3v) is 2.68. The predicted octanol–water partition coefficient (Wildman–Crippen LogP) is 1.85. The van der Waals surface area contributed by atoms with E-state index in [2.05, 4.69) is 20.3 Å². The summed E-state index contributed by atoms with van der Waals surface area (Å²) in [6.45, 7) is 3.63. The van der Waals surface area contributed by atoms with Crippen molar-refractivity contribution in [2.75, 3.05) is 6.54 Å². The van der Waals surface area contributed by atoms with Crippen molar-refractivity contribution in [3.63, 3.8) is 0 Å². The quantitative estimate of drug-likeness (QED) is 0.824. The monoisotopic (exact) mass is 218 g/mol. The summed E-state index contributed by atoms with van der Waals surface area (Å²) in [7, 11) is 0. The summed E-state index contributed by atoms with van der Waals surface area (Å²) < 4.78 is 0. The summed E-state index contributed by atoms with van der Waals surface area (Å²) in [6, 6.07) is 0. The molecule has 0 saturated carbocycles. The Morgan fingerprint density at radius 3 is 2.94 bits per heavy atom. The molecular weight excluding hydrogens is 200 g/mol. The molecule has 1 N–H and O–H groups in total. The van der Waals surface area contributed by atoms with Gasteiger partial charge in [-0.1, -0.05) is 6.42 Å². The van der Waals surface area contributed by atoms with E-state index >= 15 is 0 Å². The molecule has 0 unspecified atom stereocenters. The van der Waals surface area contributed by atoms with Gasteiger partial charge in [0.25, 0.3) is 0 Å². The number of rotatable bonds is 2. The van der Waals surface area contributed by atoms with E-state index in [1.54, 1.807) is 6.20 Å². The molecule has 0 aliphatic carbocycles. The second-order valence-electron chi connectivity index (χ2n) is 4.14. The van der Waals surface area contributed by atoms with E-state index < -0.39 is 0 Å². The lowest BCUT2D eigenvalue weighted by Gasteiger charge is -2.07. The number of hydrogen-bond donors (Lipinski definition) is 1. The Morgan fingerprint density at radius 1 is 1.19 bits per heavy atom. The average Bonchev–Trinajstić information content (AvgIpc) is 2.57. The summed E-state index contributed by atoms with van der Waals surface area (Å²) in [5, 5.41) is 3.34. The molecular formula is C12H18N4. The van der Waals surface area contributed by atoms with Crippen molar-refractivity contribution in [3.8, 4) is 0 Å². The number of nitrogens with zero attached hydrogens (tertiary/aromatic N) is 3. The molecule has 0 amide bonds. The molecule has 1 aliphatic heterocycles. The van der Waals surface area contributed by atoms with Crippen LogP contribution in [0.5, 0.6) is 0 Å². The Kier molecular flexibility index (Phi) is 3.86. The van der Waals surface area contributed by atoms with Crippen LogP contribution < -0.4 is 5.32 Å². The molecule has 0 atom stereocenters. The topological polar surface area (TPSA) is 50.2 Å². The lowest BCUT2D eigenvalue weighted by molar-refractivity contribution is 0.727. The fourth-order valence-electron chi connectivity index (χ4n) is 1.72. The van der Waals surface area contributed by atoms with Gasteiger partial charge in [-0.3, -0.25) is 15.0 Å². The van der Waals surface area contributed by atoms with Gasteiger partial charge in [-0.15, -0.1) is 0 Å². The maximum atomic E-state index is 4.51. The zero-order valence-electron chi connectivity index (χ0n) is 9.74. The lowest BCUT2D eigenvalue weighted by Crippen LogP contribution is -2.23. The van der Waals surface area contributed by atoms with E-state index in [9.17, 15) is 0 Å². The molecule has 1 aliphatic rings. The Labute approximate surface area is 96.2 Å². The zero-order valence-corrected chi connectivity index (χ0v) is 9.74. The number of aliphatic imine (C=N–C) groups is 1. The minimum Gasteiger partial charge on any atom is -0.368 e. The Bertz CT molecular complexity index is 356. The molecule has 16 heavy (non-hydrogen) atoms. The molecule has 0 spiro atoms. The SMILES string of the molecule is Cc1cnc(CNC2=NCCCCC2)cn1. The van der Waals surface area contributed by atoms with Crippen LogP contribution in [-0.4, -0.2) is 22.3 Å². The normalized spacial score (nSPS) is 16.4. The van der Waals surface area contributed by atoms with Crippen LogP contribution in [0.1, 0.15) is 37.1 Å². The minimum atomic E-state index is 0.728. The van der Waals surface area contributed by atoms with Crippen molar-refractivity contribution >= 4 is 5.84 Å². The molecule has 0 fully saturated rings. The van der Waals surface area contributed by atoms with Gasteiger partial charge >= 0.3 is 0 Å². The summed E-state index contributed by atoms with van der Waals surface area (Å²) in [5.41, 5.74) is 1.92. The van der Waals surface area contributed by atoms with Crippen molar-refractivity contribution < 1.29 is 0 Å². The van der Waals surface area contributed by atoms with Gasteiger partial charge in [0, 0.05) is 19.2 Å². The van der Waals surface area contributed by atoms with Crippen molar-refractivity contribution in [1.29, 1.82) is 0 Å². The van der Waals surface area contributed by atoms with E-state index in [1.807, 2.05) is 13.1 Å². The summed E-state index contributed by atoms with van der Waals surface area (Å²) in [4.78, 5) is 13.0. The van der Waals surface area contributed by atoms with Gasteiger partial charge in [0.1, 0.15) is 0 Å². The standard InChI is InChI=1S/C12H18N4/c1-10-7-15-11(8-14-10)9-16-12-5-3-2-4-6-13-12/h7-8H,2-6,9H2,1H3,(H,13,16). The Hall–Kier alpha value is -1.45. The first-order valence-corrected chi connectivity index (χ1v) is 5.89. The smallest absolute Gasteiger partial charge is 0.0966 e. The number of amidine groups is 1. The van der Waals surface area contributed by atoms with E-state index in [1.165, 1.54) is 19.3 Å². The van der Waals surface area contributed by atoms with Crippen LogP contribution in [0.15, 0.2) is 17.4 Å². The average molecular weight is 218 g/mol. The van der Waals surface area contributed by atoms with E-state index in [0.29, 0.717) is 0 Å². The van der Waals surface area contributed by atoms with Crippen molar-refractivity contribution in [2.24, 2.45) is 4.99 Å². The van der Waals surface area contributed by atoms with Gasteiger partial charge in [-0.05, 0) is 19.8 Å². The summed E-state index contributed by atoms with van der Waals surface area (Å²) in [6.07, 6.45) is 8.44. The third-order valence-electron chi connectivity index (χ3n) is 2.68. The Morgan fingerprint density at radius 2 is 2.12 bits per heavy atom. The number of aromatic nitrogens is 2. The van der Waals surface area contributed by atoms with Crippen LogP contribution in [0.4, 0.5) is 0 Å².